The van der Waals surface area contributed by atoms with Gasteiger partial charge in [-0.05, 0) is 60.4 Å². The van der Waals surface area contributed by atoms with Crippen molar-refractivity contribution in [3.8, 4) is 5.75 Å². The van der Waals surface area contributed by atoms with E-state index in [0.29, 0.717) is 22.4 Å². The van der Waals surface area contributed by atoms with Crippen molar-refractivity contribution < 1.29 is 14.3 Å². The standard InChI is InChI=1S/C25H23ClN2O3S/c1-16-11-19(26)13-22-24(16)27-25(32-22)28(14-21-7-4-10-30-21)23(29)15-31-20-9-8-17-5-2-3-6-18(17)12-20/h2-3,5-6,8-9,11-13,21H,4,7,10,14-15H2,1H3. The molecule has 0 N–H and O–H groups in total. The normalized spacial score (nSPS) is 16.0. The molecule has 1 aliphatic heterocycles. The van der Waals surface area contributed by atoms with Crippen LogP contribution in [0.25, 0.3) is 21.0 Å². The Kier molecular flexibility index (Phi) is 6.00. The van der Waals surface area contributed by atoms with Crippen LogP contribution in [0.1, 0.15) is 18.4 Å². The maximum Gasteiger partial charge on any atom is 0.266 e. The monoisotopic (exact) mass is 466 g/mol. The third-order valence-electron chi connectivity index (χ3n) is 5.66. The molecule has 1 saturated heterocycles. The van der Waals surface area contributed by atoms with Crippen molar-refractivity contribution in [2.75, 3.05) is 24.7 Å². The van der Waals surface area contributed by atoms with Gasteiger partial charge in [-0.2, -0.15) is 0 Å². The summed E-state index contributed by atoms with van der Waals surface area (Å²) in [5, 5.41) is 3.52. The first-order chi connectivity index (χ1) is 15.6. The van der Waals surface area contributed by atoms with Gasteiger partial charge in [0, 0.05) is 11.6 Å². The van der Waals surface area contributed by atoms with Gasteiger partial charge >= 0.3 is 0 Å². The molecule has 32 heavy (non-hydrogen) atoms. The van der Waals surface area contributed by atoms with Crippen LogP contribution in [-0.2, 0) is 9.53 Å². The third-order valence-corrected chi connectivity index (χ3v) is 6.91. The highest BCUT2D eigenvalue weighted by atomic mass is 35.5. The van der Waals surface area contributed by atoms with Crippen LogP contribution in [0.4, 0.5) is 5.13 Å². The summed E-state index contributed by atoms with van der Waals surface area (Å²) < 4.78 is 12.7. The molecule has 0 spiro atoms. The van der Waals surface area contributed by atoms with Gasteiger partial charge < -0.3 is 9.47 Å². The van der Waals surface area contributed by atoms with Crippen LogP contribution in [0.2, 0.25) is 5.02 Å². The highest BCUT2D eigenvalue weighted by Crippen LogP contribution is 2.34. The zero-order valence-corrected chi connectivity index (χ0v) is 19.3. The van der Waals surface area contributed by atoms with Crippen molar-refractivity contribution in [2.24, 2.45) is 0 Å². The highest BCUT2D eigenvalue weighted by Gasteiger charge is 2.27. The molecule has 1 amide bonds. The van der Waals surface area contributed by atoms with Crippen LogP contribution >= 0.6 is 22.9 Å². The van der Waals surface area contributed by atoms with Crippen LogP contribution in [-0.4, -0.2) is 36.8 Å². The summed E-state index contributed by atoms with van der Waals surface area (Å²) in [6.07, 6.45) is 1.95. The van der Waals surface area contributed by atoms with E-state index < -0.39 is 0 Å². The third kappa shape index (κ3) is 4.44. The van der Waals surface area contributed by atoms with Gasteiger partial charge in [-0.15, -0.1) is 0 Å². The van der Waals surface area contributed by atoms with E-state index in [9.17, 15) is 4.79 Å². The number of nitrogens with zero attached hydrogens (tertiary/aromatic N) is 2. The van der Waals surface area contributed by atoms with Crippen molar-refractivity contribution >= 4 is 55.0 Å². The predicted molar refractivity (Wildman–Crippen MR) is 130 cm³/mol. The molecule has 2 heterocycles. The van der Waals surface area contributed by atoms with Crippen LogP contribution in [0.15, 0.2) is 54.6 Å². The first-order valence-corrected chi connectivity index (χ1v) is 11.9. The second kappa shape index (κ2) is 9.06. The van der Waals surface area contributed by atoms with E-state index in [1.807, 2.05) is 55.5 Å². The van der Waals surface area contributed by atoms with Crippen molar-refractivity contribution in [3.05, 3.63) is 65.2 Å². The summed E-state index contributed by atoms with van der Waals surface area (Å²) in [7, 11) is 0. The molecule has 1 aromatic heterocycles. The number of hydrogen-bond acceptors (Lipinski definition) is 5. The summed E-state index contributed by atoms with van der Waals surface area (Å²) in [5.74, 6) is 0.525. The number of thiazole rings is 1. The zero-order valence-electron chi connectivity index (χ0n) is 17.7. The molecule has 0 radical (unpaired) electrons. The van der Waals surface area contributed by atoms with Gasteiger partial charge in [0.15, 0.2) is 11.7 Å². The first kappa shape index (κ1) is 21.2. The Labute approximate surface area is 195 Å². The van der Waals surface area contributed by atoms with Crippen LogP contribution < -0.4 is 9.64 Å². The number of carbonyl (C=O) groups is 1. The minimum absolute atomic E-state index is 0.0105. The number of aryl methyl sites for hydroxylation is 1. The summed E-state index contributed by atoms with van der Waals surface area (Å²) in [4.78, 5) is 19.8. The van der Waals surface area contributed by atoms with Crippen LogP contribution in [0, 0.1) is 6.92 Å². The van der Waals surface area contributed by atoms with Gasteiger partial charge in [0.2, 0.25) is 0 Å². The van der Waals surface area contributed by atoms with Gasteiger partial charge in [0.1, 0.15) is 5.75 Å². The highest BCUT2D eigenvalue weighted by molar-refractivity contribution is 7.22. The Bertz CT molecular complexity index is 1280. The summed E-state index contributed by atoms with van der Waals surface area (Å²) in [5.41, 5.74) is 1.86. The lowest BCUT2D eigenvalue weighted by atomic mass is 10.1. The zero-order chi connectivity index (χ0) is 22.1. The van der Waals surface area contributed by atoms with Gasteiger partial charge in [-0.25, -0.2) is 4.98 Å². The molecule has 0 aliphatic carbocycles. The molecule has 1 fully saturated rings. The second-order valence-electron chi connectivity index (χ2n) is 8.00. The van der Waals surface area contributed by atoms with Gasteiger partial charge in [0.05, 0.1) is 22.9 Å². The number of rotatable bonds is 6. The molecule has 3 aromatic carbocycles. The second-order valence-corrected chi connectivity index (χ2v) is 9.45. The van der Waals surface area contributed by atoms with Crippen molar-refractivity contribution in [1.82, 2.24) is 4.98 Å². The SMILES string of the molecule is Cc1cc(Cl)cc2sc(N(CC3CCCO3)C(=O)COc3ccc4ccccc4c3)nc12. The van der Waals surface area contributed by atoms with E-state index in [1.165, 1.54) is 11.3 Å². The average molecular weight is 467 g/mol. The predicted octanol–water partition coefficient (Wildman–Crippen LogP) is 6.00. The van der Waals surface area contributed by atoms with E-state index in [0.717, 1.165) is 46.0 Å². The van der Waals surface area contributed by atoms with Crippen molar-refractivity contribution in [2.45, 2.75) is 25.9 Å². The number of halogens is 1. The fourth-order valence-electron chi connectivity index (χ4n) is 4.02. The first-order valence-electron chi connectivity index (χ1n) is 10.7. The quantitative estimate of drug-likeness (QED) is 0.349. The molecule has 4 aromatic rings. The lowest BCUT2D eigenvalue weighted by Gasteiger charge is -2.23. The number of fused-ring (bicyclic) bond motifs is 2. The Morgan fingerprint density at radius 3 is 2.88 bits per heavy atom. The number of ether oxygens (including phenoxy) is 2. The summed E-state index contributed by atoms with van der Waals surface area (Å²) in [6.45, 7) is 3.11. The molecule has 7 heteroatoms. The van der Waals surface area contributed by atoms with E-state index in [4.69, 9.17) is 26.1 Å². The van der Waals surface area contributed by atoms with Crippen molar-refractivity contribution in [3.63, 3.8) is 0 Å². The smallest absolute Gasteiger partial charge is 0.266 e. The Hall–Kier alpha value is -2.67. The summed E-state index contributed by atoms with van der Waals surface area (Å²) in [6, 6.07) is 17.7. The van der Waals surface area contributed by atoms with E-state index >= 15 is 0 Å². The maximum atomic E-state index is 13.3. The lowest BCUT2D eigenvalue weighted by molar-refractivity contribution is -0.120. The molecule has 1 aliphatic rings. The van der Waals surface area contributed by atoms with Crippen LogP contribution in [0.5, 0.6) is 5.75 Å². The van der Waals surface area contributed by atoms with E-state index in [-0.39, 0.29) is 18.6 Å². The van der Waals surface area contributed by atoms with Gasteiger partial charge in [-0.1, -0.05) is 53.3 Å². The summed E-state index contributed by atoms with van der Waals surface area (Å²) >= 11 is 7.70. The van der Waals surface area contributed by atoms with Gasteiger partial charge in [0.25, 0.3) is 5.91 Å². The number of hydrogen-bond donors (Lipinski definition) is 0. The Balaban J connectivity index is 1.39. The molecule has 1 unspecified atom stereocenters. The largest absolute Gasteiger partial charge is 0.484 e. The molecular formula is C25H23ClN2O3S. The minimum Gasteiger partial charge on any atom is -0.484 e. The van der Waals surface area contributed by atoms with Gasteiger partial charge in [-0.3, -0.25) is 9.69 Å². The van der Waals surface area contributed by atoms with E-state index in [1.54, 1.807) is 4.90 Å². The van der Waals surface area contributed by atoms with Crippen LogP contribution in [0.3, 0.4) is 0 Å². The Morgan fingerprint density at radius 1 is 1.22 bits per heavy atom. The number of aromatic nitrogens is 1. The molecule has 0 saturated carbocycles. The number of amides is 1. The Morgan fingerprint density at radius 2 is 2.06 bits per heavy atom. The molecule has 164 valence electrons. The minimum atomic E-state index is -0.142. The molecule has 5 nitrogen and oxygen atoms in total. The molecular weight excluding hydrogens is 444 g/mol. The molecule has 0 bridgehead atoms. The average Bonchev–Trinajstić information content (AvgIpc) is 3.45. The number of anilines is 1. The topological polar surface area (TPSA) is 51.7 Å². The molecule has 1 atom stereocenters. The number of carbonyl (C=O) groups excluding carboxylic acids is 1. The van der Waals surface area contributed by atoms with E-state index in [2.05, 4.69) is 6.07 Å². The fourth-order valence-corrected chi connectivity index (χ4v) is 5.46. The molecule has 5 rings (SSSR count). The maximum absolute atomic E-state index is 13.3. The lowest BCUT2D eigenvalue weighted by Crippen LogP contribution is -2.40. The fraction of sp³-hybridized carbons (Fsp3) is 0.280. The van der Waals surface area contributed by atoms with Crippen molar-refractivity contribution in [1.29, 1.82) is 0 Å². The number of benzene rings is 3.